The summed E-state index contributed by atoms with van der Waals surface area (Å²) >= 11 is 0. The molecular weight excluding hydrogens is 290 g/mol. The first kappa shape index (κ1) is 12.8. The van der Waals surface area contributed by atoms with E-state index in [4.69, 9.17) is 10.7 Å². The lowest BCUT2D eigenvalue weighted by Gasteiger charge is -2.05. The lowest BCUT2D eigenvalue weighted by atomic mass is 10.6. The molecule has 10 heteroatoms. The van der Waals surface area contributed by atoms with Crippen LogP contribution in [0, 0.1) is 0 Å². The molecule has 17 heavy (non-hydrogen) atoms. The zero-order valence-electron chi connectivity index (χ0n) is 8.87. The summed E-state index contributed by atoms with van der Waals surface area (Å²) in [6.45, 7) is 0. The van der Waals surface area contributed by atoms with E-state index in [1.165, 1.54) is 4.57 Å². The quantitative estimate of drug-likeness (QED) is 0.730. The fourth-order valence-electron chi connectivity index (χ4n) is 1.51. The van der Waals surface area contributed by atoms with Gasteiger partial charge in [-0.25, -0.2) is 16.8 Å². The molecule has 7 nitrogen and oxygen atoms in total. The van der Waals surface area contributed by atoms with Crippen LogP contribution in [0.15, 0.2) is 5.16 Å². The summed E-state index contributed by atoms with van der Waals surface area (Å²) < 4.78 is 46.2. The molecule has 0 amide bonds. The average Bonchev–Trinajstić information content (AvgIpc) is 2.84. The van der Waals surface area contributed by atoms with Gasteiger partial charge in [0.2, 0.25) is 0 Å². The Labute approximate surface area is 103 Å². The van der Waals surface area contributed by atoms with E-state index in [9.17, 15) is 16.8 Å². The molecule has 1 saturated carbocycles. The molecule has 0 radical (unpaired) electrons. The van der Waals surface area contributed by atoms with Gasteiger partial charge in [-0.3, -0.25) is 4.57 Å². The number of rotatable bonds is 4. The van der Waals surface area contributed by atoms with Gasteiger partial charge in [0.1, 0.15) is 11.6 Å². The smallest absolute Gasteiger partial charge is 0.296 e. The predicted molar refractivity (Wildman–Crippen MR) is 59.9 cm³/mol. The highest BCUT2D eigenvalue weighted by molar-refractivity contribution is 8.13. The zero-order chi connectivity index (χ0) is 12.8. The van der Waals surface area contributed by atoms with Crippen molar-refractivity contribution in [3.63, 3.8) is 0 Å². The molecule has 0 unspecified atom stereocenters. The van der Waals surface area contributed by atoms with Crippen molar-refractivity contribution in [3.05, 3.63) is 5.82 Å². The minimum absolute atomic E-state index is 0.0646. The van der Waals surface area contributed by atoms with Crippen molar-refractivity contribution in [2.75, 3.05) is 6.26 Å². The first-order valence-electron chi connectivity index (χ1n) is 4.74. The molecule has 1 heterocycles. The summed E-state index contributed by atoms with van der Waals surface area (Å²) in [6, 6.07) is -0.0646. The predicted octanol–water partition coefficient (Wildman–Crippen LogP) is 0.0851. The van der Waals surface area contributed by atoms with Gasteiger partial charge in [0.25, 0.3) is 14.2 Å². The summed E-state index contributed by atoms with van der Waals surface area (Å²) in [5.74, 6) is -0.225. The van der Waals surface area contributed by atoms with Gasteiger partial charge in [-0.1, -0.05) is 0 Å². The van der Waals surface area contributed by atoms with Crippen LogP contribution in [0.2, 0.25) is 0 Å². The Morgan fingerprint density at radius 2 is 1.88 bits per heavy atom. The number of sulfone groups is 1. The number of halogens is 1. The maximum Gasteiger partial charge on any atom is 0.296 e. The normalized spacial score (nSPS) is 17.3. The Kier molecular flexibility index (Phi) is 2.95. The van der Waals surface area contributed by atoms with E-state index in [0.29, 0.717) is 0 Å². The highest BCUT2D eigenvalue weighted by atomic mass is 35.7. The van der Waals surface area contributed by atoms with Crippen LogP contribution in [-0.4, -0.2) is 37.9 Å². The van der Waals surface area contributed by atoms with E-state index in [2.05, 4.69) is 10.2 Å². The molecule has 1 fully saturated rings. The highest BCUT2D eigenvalue weighted by Gasteiger charge is 2.34. The van der Waals surface area contributed by atoms with Crippen LogP contribution in [-0.2, 0) is 24.6 Å². The molecule has 96 valence electrons. The molecule has 0 spiro atoms. The van der Waals surface area contributed by atoms with Crippen molar-refractivity contribution in [3.8, 4) is 0 Å². The first-order valence-corrected chi connectivity index (χ1v) is 9.11. The minimum Gasteiger partial charge on any atom is -0.297 e. The van der Waals surface area contributed by atoms with E-state index in [1.54, 1.807) is 0 Å². The monoisotopic (exact) mass is 299 g/mol. The highest BCUT2D eigenvalue weighted by Crippen LogP contribution is 2.38. The molecule has 0 atom stereocenters. The molecule has 0 aliphatic heterocycles. The number of hydrogen-bond donors (Lipinski definition) is 0. The minimum atomic E-state index is -4.01. The van der Waals surface area contributed by atoms with Crippen molar-refractivity contribution in [1.29, 1.82) is 0 Å². The molecule has 1 aromatic rings. The summed E-state index contributed by atoms with van der Waals surface area (Å²) in [4.78, 5) is 0. The van der Waals surface area contributed by atoms with Crippen molar-refractivity contribution >= 4 is 29.6 Å². The average molecular weight is 300 g/mol. The Morgan fingerprint density at radius 1 is 1.29 bits per heavy atom. The van der Waals surface area contributed by atoms with Crippen LogP contribution in [0.1, 0.15) is 24.7 Å². The fraction of sp³-hybridized carbons (Fsp3) is 0.714. The largest absolute Gasteiger partial charge is 0.297 e. The molecule has 0 N–H and O–H groups in total. The Morgan fingerprint density at radius 3 is 2.29 bits per heavy atom. The number of aromatic nitrogens is 3. The van der Waals surface area contributed by atoms with Crippen LogP contribution in [0.25, 0.3) is 0 Å². The van der Waals surface area contributed by atoms with E-state index in [0.717, 1.165) is 19.1 Å². The third-order valence-electron chi connectivity index (χ3n) is 2.26. The second-order valence-corrected chi connectivity index (χ2v) is 8.61. The third-order valence-corrected chi connectivity index (χ3v) is 4.17. The van der Waals surface area contributed by atoms with Crippen LogP contribution in [0.3, 0.4) is 0 Å². The van der Waals surface area contributed by atoms with Crippen molar-refractivity contribution in [2.45, 2.75) is 29.8 Å². The Balaban J connectivity index is 2.51. The van der Waals surface area contributed by atoms with Crippen molar-refractivity contribution in [2.24, 2.45) is 0 Å². The van der Waals surface area contributed by atoms with E-state index in [1.807, 2.05) is 0 Å². The van der Waals surface area contributed by atoms with Gasteiger partial charge in [-0.15, -0.1) is 10.2 Å². The van der Waals surface area contributed by atoms with E-state index in [-0.39, 0.29) is 22.8 Å². The molecule has 1 aliphatic rings. The second kappa shape index (κ2) is 3.92. The van der Waals surface area contributed by atoms with Gasteiger partial charge in [0.15, 0.2) is 9.84 Å². The molecule has 0 saturated heterocycles. The summed E-state index contributed by atoms with van der Waals surface area (Å²) in [5.41, 5.74) is 0. The van der Waals surface area contributed by atoms with E-state index >= 15 is 0 Å². The van der Waals surface area contributed by atoms with Gasteiger partial charge in [0.05, 0.1) is 0 Å². The summed E-state index contributed by atoms with van der Waals surface area (Å²) in [6.07, 6.45) is 2.59. The molecular formula is C7H10ClN3O4S2. The first-order chi connectivity index (χ1) is 7.68. The Hall–Kier alpha value is -0.670. The van der Waals surface area contributed by atoms with Gasteiger partial charge < -0.3 is 0 Å². The summed E-state index contributed by atoms with van der Waals surface area (Å²) in [5, 5.41) is 6.69. The zero-order valence-corrected chi connectivity index (χ0v) is 11.3. The maximum atomic E-state index is 11.3. The number of hydrogen-bond acceptors (Lipinski definition) is 6. The fourth-order valence-corrected chi connectivity index (χ4v) is 3.12. The lowest BCUT2D eigenvalue weighted by Crippen LogP contribution is -2.11. The SMILES string of the molecule is CS(=O)(=O)Cc1nnc(S(=O)(=O)Cl)n1C1CC1. The molecule has 0 aromatic carbocycles. The maximum absolute atomic E-state index is 11.3. The third kappa shape index (κ3) is 2.96. The van der Waals surface area contributed by atoms with Crippen LogP contribution < -0.4 is 0 Å². The lowest BCUT2D eigenvalue weighted by molar-refractivity contribution is 0.568. The van der Waals surface area contributed by atoms with E-state index < -0.39 is 18.9 Å². The molecule has 2 rings (SSSR count). The topological polar surface area (TPSA) is 99.0 Å². The van der Waals surface area contributed by atoms with Crippen LogP contribution >= 0.6 is 10.7 Å². The van der Waals surface area contributed by atoms with Crippen LogP contribution in [0.5, 0.6) is 0 Å². The van der Waals surface area contributed by atoms with Gasteiger partial charge in [-0.2, -0.15) is 0 Å². The van der Waals surface area contributed by atoms with Crippen LogP contribution in [0.4, 0.5) is 0 Å². The molecule has 0 bridgehead atoms. The standard InChI is InChI=1S/C7H10ClN3O4S2/c1-16(12,13)4-6-9-10-7(17(8,14)15)11(6)5-2-3-5/h5H,2-4H2,1H3. The van der Waals surface area contributed by atoms with Gasteiger partial charge in [0, 0.05) is 23.0 Å². The molecule has 1 aliphatic carbocycles. The summed E-state index contributed by atoms with van der Waals surface area (Å²) in [7, 11) is -2.09. The van der Waals surface area contributed by atoms with Gasteiger partial charge >= 0.3 is 0 Å². The number of nitrogens with zero attached hydrogens (tertiary/aromatic N) is 3. The molecule has 1 aromatic heterocycles. The van der Waals surface area contributed by atoms with Gasteiger partial charge in [-0.05, 0) is 12.8 Å². The Bertz CT molecular complexity index is 645. The van der Waals surface area contributed by atoms with Crippen molar-refractivity contribution in [1.82, 2.24) is 14.8 Å². The van der Waals surface area contributed by atoms with Crippen molar-refractivity contribution < 1.29 is 16.8 Å². The second-order valence-electron chi connectivity index (χ2n) is 4.01.